The summed E-state index contributed by atoms with van der Waals surface area (Å²) in [5.41, 5.74) is 2.80. The van der Waals surface area contributed by atoms with Crippen LogP contribution in [0.4, 0.5) is 4.39 Å². The van der Waals surface area contributed by atoms with E-state index in [4.69, 9.17) is 4.42 Å². The molecule has 21 heavy (non-hydrogen) atoms. The number of rotatable bonds is 2. The third-order valence-electron chi connectivity index (χ3n) is 3.22. The summed E-state index contributed by atoms with van der Waals surface area (Å²) in [6, 6.07) is 7.96. The molecule has 5 nitrogen and oxygen atoms in total. The number of nitrogens with zero attached hydrogens (tertiary/aromatic N) is 3. The molecule has 0 spiro atoms. The molecular formula is C15H9FN4O. The van der Waals surface area contributed by atoms with E-state index in [1.165, 1.54) is 12.1 Å². The first-order valence-electron chi connectivity index (χ1n) is 6.31. The minimum atomic E-state index is -0.284. The van der Waals surface area contributed by atoms with Crippen molar-refractivity contribution in [1.82, 2.24) is 20.2 Å². The molecule has 0 saturated carbocycles. The van der Waals surface area contributed by atoms with E-state index in [1.54, 1.807) is 36.9 Å². The second kappa shape index (κ2) is 4.52. The van der Waals surface area contributed by atoms with Gasteiger partial charge in [0.15, 0.2) is 5.82 Å². The van der Waals surface area contributed by atoms with Gasteiger partial charge in [-0.25, -0.2) is 9.37 Å². The van der Waals surface area contributed by atoms with Crippen LogP contribution < -0.4 is 0 Å². The van der Waals surface area contributed by atoms with Crippen LogP contribution in [-0.2, 0) is 0 Å². The first-order valence-corrected chi connectivity index (χ1v) is 6.31. The molecule has 0 fully saturated rings. The molecule has 0 amide bonds. The molecule has 1 aromatic carbocycles. The lowest BCUT2D eigenvalue weighted by molar-refractivity contribution is 0.603. The minimum absolute atomic E-state index is 0.284. The van der Waals surface area contributed by atoms with Crippen molar-refractivity contribution in [2.75, 3.05) is 0 Å². The molecule has 102 valence electrons. The molecule has 3 aromatic heterocycles. The lowest BCUT2D eigenvalue weighted by atomic mass is 10.1. The van der Waals surface area contributed by atoms with Gasteiger partial charge in [-0.05, 0) is 30.3 Å². The highest BCUT2D eigenvalue weighted by molar-refractivity contribution is 5.80. The third-order valence-corrected chi connectivity index (χ3v) is 3.22. The number of furan rings is 1. The van der Waals surface area contributed by atoms with Crippen molar-refractivity contribution >= 4 is 11.1 Å². The maximum absolute atomic E-state index is 13.0. The van der Waals surface area contributed by atoms with Gasteiger partial charge in [-0.15, -0.1) is 0 Å². The predicted molar refractivity (Wildman–Crippen MR) is 74.8 cm³/mol. The smallest absolute Gasteiger partial charge is 0.229 e. The van der Waals surface area contributed by atoms with Crippen LogP contribution in [0.1, 0.15) is 0 Å². The Kier molecular flexibility index (Phi) is 2.53. The van der Waals surface area contributed by atoms with Gasteiger partial charge in [-0.2, -0.15) is 10.1 Å². The molecule has 0 radical (unpaired) electrons. The molecule has 4 rings (SSSR count). The second-order valence-electron chi connectivity index (χ2n) is 4.54. The molecule has 0 saturated heterocycles. The molecule has 3 heterocycles. The third kappa shape index (κ3) is 1.97. The number of benzene rings is 1. The van der Waals surface area contributed by atoms with Crippen molar-refractivity contribution in [2.24, 2.45) is 0 Å². The average molecular weight is 280 g/mol. The summed E-state index contributed by atoms with van der Waals surface area (Å²) in [5.74, 6) is 0.221. The summed E-state index contributed by atoms with van der Waals surface area (Å²) in [5, 5.41) is 7.77. The molecular weight excluding hydrogens is 271 g/mol. The average Bonchev–Trinajstić information content (AvgIpc) is 3.16. The van der Waals surface area contributed by atoms with Gasteiger partial charge in [-0.1, -0.05) is 0 Å². The van der Waals surface area contributed by atoms with Crippen LogP contribution in [-0.4, -0.2) is 20.2 Å². The van der Waals surface area contributed by atoms with Crippen molar-refractivity contribution in [3.63, 3.8) is 0 Å². The van der Waals surface area contributed by atoms with Crippen molar-refractivity contribution < 1.29 is 8.81 Å². The zero-order valence-corrected chi connectivity index (χ0v) is 10.7. The molecule has 1 N–H and O–H groups in total. The first kappa shape index (κ1) is 11.8. The fraction of sp³-hybridized carbons (Fsp3) is 0. The van der Waals surface area contributed by atoms with Crippen LogP contribution in [0.5, 0.6) is 0 Å². The number of aromatic nitrogens is 4. The number of hydrogen-bond donors (Lipinski definition) is 1. The van der Waals surface area contributed by atoms with Crippen LogP contribution >= 0.6 is 0 Å². The van der Waals surface area contributed by atoms with E-state index in [0.717, 1.165) is 22.2 Å². The van der Waals surface area contributed by atoms with Gasteiger partial charge in [-0.3, -0.25) is 5.10 Å². The van der Waals surface area contributed by atoms with E-state index in [2.05, 4.69) is 20.2 Å². The number of aromatic amines is 1. The standard InChI is InChI=1S/C15H9FN4O/c16-11-3-1-9(2-4-11)13-12(8-18-20-13)14-17-7-10-5-6-21-15(10)19-14/h1-8H,(H,18,20). The van der Waals surface area contributed by atoms with Gasteiger partial charge < -0.3 is 4.42 Å². The highest BCUT2D eigenvalue weighted by Crippen LogP contribution is 2.28. The summed E-state index contributed by atoms with van der Waals surface area (Å²) < 4.78 is 18.3. The Balaban J connectivity index is 1.85. The number of fused-ring (bicyclic) bond motifs is 1. The topological polar surface area (TPSA) is 67.6 Å². The van der Waals surface area contributed by atoms with Crippen LogP contribution in [0, 0.1) is 5.82 Å². The fourth-order valence-electron chi connectivity index (χ4n) is 2.18. The number of hydrogen-bond acceptors (Lipinski definition) is 4. The zero-order valence-electron chi connectivity index (χ0n) is 10.7. The molecule has 0 aliphatic carbocycles. The number of H-pyrrole nitrogens is 1. The molecule has 0 aliphatic heterocycles. The maximum atomic E-state index is 13.0. The second-order valence-corrected chi connectivity index (χ2v) is 4.54. The summed E-state index contributed by atoms with van der Waals surface area (Å²) in [7, 11) is 0. The Labute approximate surface area is 118 Å². The van der Waals surface area contributed by atoms with Crippen LogP contribution in [0.15, 0.2) is 53.4 Å². The minimum Gasteiger partial charge on any atom is -0.446 e. The van der Waals surface area contributed by atoms with Crippen molar-refractivity contribution in [2.45, 2.75) is 0 Å². The highest BCUT2D eigenvalue weighted by Gasteiger charge is 2.13. The largest absolute Gasteiger partial charge is 0.446 e. The van der Waals surface area contributed by atoms with Crippen LogP contribution in [0.2, 0.25) is 0 Å². The van der Waals surface area contributed by atoms with E-state index in [1.807, 2.05) is 0 Å². The Morgan fingerprint density at radius 1 is 1.05 bits per heavy atom. The summed E-state index contributed by atoms with van der Waals surface area (Å²) >= 11 is 0. The van der Waals surface area contributed by atoms with Gasteiger partial charge in [0.2, 0.25) is 5.71 Å². The molecule has 0 unspecified atom stereocenters. The van der Waals surface area contributed by atoms with Gasteiger partial charge in [0.25, 0.3) is 0 Å². The van der Waals surface area contributed by atoms with Gasteiger partial charge >= 0.3 is 0 Å². The number of halogens is 1. The number of nitrogens with one attached hydrogen (secondary N) is 1. The summed E-state index contributed by atoms with van der Waals surface area (Å²) in [6.45, 7) is 0. The van der Waals surface area contributed by atoms with E-state index in [9.17, 15) is 4.39 Å². The Morgan fingerprint density at radius 2 is 1.90 bits per heavy atom. The normalized spacial score (nSPS) is 11.1. The van der Waals surface area contributed by atoms with Crippen molar-refractivity contribution in [3.05, 3.63) is 54.8 Å². The lowest BCUT2D eigenvalue weighted by Crippen LogP contribution is -1.89. The monoisotopic (exact) mass is 280 g/mol. The van der Waals surface area contributed by atoms with E-state index in [-0.39, 0.29) is 5.82 Å². The van der Waals surface area contributed by atoms with E-state index in [0.29, 0.717) is 11.5 Å². The van der Waals surface area contributed by atoms with Crippen molar-refractivity contribution in [1.29, 1.82) is 0 Å². The van der Waals surface area contributed by atoms with E-state index < -0.39 is 0 Å². The Bertz CT molecular complexity index is 911. The van der Waals surface area contributed by atoms with Gasteiger partial charge in [0, 0.05) is 11.8 Å². The van der Waals surface area contributed by atoms with Gasteiger partial charge in [0.05, 0.1) is 29.1 Å². The fourth-order valence-corrected chi connectivity index (χ4v) is 2.18. The van der Waals surface area contributed by atoms with Crippen molar-refractivity contribution in [3.8, 4) is 22.6 Å². The Hall–Kier alpha value is -3.02. The zero-order chi connectivity index (χ0) is 14.2. The summed E-state index contributed by atoms with van der Waals surface area (Å²) in [6.07, 6.45) is 4.91. The SMILES string of the molecule is Fc1ccc(-c2[nH]ncc2-c2ncc3ccoc3n2)cc1. The quantitative estimate of drug-likeness (QED) is 0.611. The van der Waals surface area contributed by atoms with E-state index >= 15 is 0 Å². The molecule has 6 heteroatoms. The van der Waals surface area contributed by atoms with Crippen LogP contribution in [0.3, 0.4) is 0 Å². The molecule has 0 bridgehead atoms. The first-order chi connectivity index (χ1) is 10.3. The van der Waals surface area contributed by atoms with Crippen LogP contribution in [0.25, 0.3) is 33.7 Å². The van der Waals surface area contributed by atoms with Gasteiger partial charge in [0.1, 0.15) is 5.82 Å². The molecule has 0 aliphatic rings. The predicted octanol–water partition coefficient (Wildman–Crippen LogP) is 3.42. The molecule has 0 atom stereocenters. The Morgan fingerprint density at radius 3 is 2.76 bits per heavy atom. The maximum Gasteiger partial charge on any atom is 0.229 e. The summed E-state index contributed by atoms with van der Waals surface area (Å²) in [4.78, 5) is 8.69. The highest BCUT2D eigenvalue weighted by atomic mass is 19.1. The lowest BCUT2D eigenvalue weighted by Gasteiger charge is -2.02. The molecule has 4 aromatic rings.